The van der Waals surface area contributed by atoms with Crippen LogP contribution < -0.4 is 10.1 Å². The van der Waals surface area contributed by atoms with E-state index >= 15 is 0 Å². The Hall–Kier alpha value is -3.21. The third-order valence-corrected chi connectivity index (χ3v) is 4.94. The molecule has 3 aromatic heterocycles. The second-order valence-corrected chi connectivity index (χ2v) is 7.32. The standard InChI is InChI=1S/C20H20F3N5O3/c1-11-8-15(14-4-3-5-16(25-14)31-10-30-2)26-18-13(9-24-28(11)18)19(29)27-17(12-6-7-12)20(21,22)23/h3-5,8-9,12,17H,6-7,10H2,1-2H3,(H,27,29)/t17-/m0/s1. The topological polar surface area (TPSA) is 90.6 Å². The number of aryl methyl sites for hydroxylation is 1. The molecule has 0 radical (unpaired) electrons. The van der Waals surface area contributed by atoms with Crippen LogP contribution in [0.4, 0.5) is 13.2 Å². The average molecular weight is 435 g/mol. The molecule has 0 unspecified atom stereocenters. The molecule has 0 saturated heterocycles. The van der Waals surface area contributed by atoms with Crippen LogP contribution in [0.3, 0.4) is 0 Å². The van der Waals surface area contributed by atoms with Crippen LogP contribution in [-0.2, 0) is 4.74 Å². The fourth-order valence-corrected chi connectivity index (χ4v) is 3.28. The van der Waals surface area contributed by atoms with E-state index in [1.807, 2.05) is 0 Å². The van der Waals surface area contributed by atoms with Gasteiger partial charge in [0.25, 0.3) is 5.91 Å². The summed E-state index contributed by atoms with van der Waals surface area (Å²) in [6, 6.07) is 4.92. The Bertz CT molecular complexity index is 1110. The van der Waals surface area contributed by atoms with E-state index in [1.54, 1.807) is 31.2 Å². The minimum atomic E-state index is -4.51. The van der Waals surface area contributed by atoms with Crippen LogP contribution in [-0.4, -0.2) is 51.6 Å². The number of methoxy groups -OCH3 is 1. The summed E-state index contributed by atoms with van der Waals surface area (Å²) in [6.07, 6.45) is -2.41. The number of hydrogen-bond donors (Lipinski definition) is 1. The maximum absolute atomic E-state index is 13.3. The summed E-state index contributed by atoms with van der Waals surface area (Å²) in [5.41, 5.74) is 1.65. The van der Waals surface area contributed by atoms with Gasteiger partial charge in [-0.15, -0.1) is 0 Å². The molecule has 0 aromatic carbocycles. The highest BCUT2D eigenvalue weighted by molar-refractivity contribution is 6.00. The molecule has 1 aliphatic carbocycles. The number of nitrogens with one attached hydrogen (secondary N) is 1. The molecule has 3 aromatic rings. The van der Waals surface area contributed by atoms with Crippen LogP contribution in [0.15, 0.2) is 30.5 Å². The van der Waals surface area contributed by atoms with Gasteiger partial charge in [-0.1, -0.05) is 6.07 Å². The Morgan fingerprint density at radius 1 is 1.29 bits per heavy atom. The second kappa shape index (κ2) is 8.14. The molecule has 4 rings (SSSR count). The molecule has 0 aliphatic heterocycles. The lowest BCUT2D eigenvalue weighted by Gasteiger charge is -2.20. The van der Waals surface area contributed by atoms with Crippen molar-refractivity contribution < 1.29 is 27.4 Å². The Kier molecular flexibility index (Phi) is 5.52. The Labute approximate surface area is 175 Å². The van der Waals surface area contributed by atoms with E-state index < -0.39 is 24.0 Å². The van der Waals surface area contributed by atoms with Gasteiger partial charge in [0.15, 0.2) is 12.4 Å². The molecule has 3 heterocycles. The number of alkyl halides is 3. The Balaban J connectivity index is 1.67. The van der Waals surface area contributed by atoms with Crippen LogP contribution in [0.1, 0.15) is 28.9 Å². The van der Waals surface area contributed by atoms with E-state index in [1.165, 1.54) is 17.8 Å². The van der Waals surface area contributed by atoms with E-state index in [0.717, 1.165) is 0 Å². The Morgan fingerprint density at radius 2 is 2.06 bits per heavy atom. The van der Waals surface area contributed by atoms with Crippen molar-refractivity contribution in [2.24, 2.45) is 5.92 Å². The second-order valence-electron chi connectivity index (χ2n) is 7.32. The largest absolute Gasteiger partial charge is 0.451 e. The number of aromatic nitrogens is 4. The molecule has 164 valence electrons. The summed E-state index contributed by atoms with van der Waals surface area (Å²) in [7, 11) is 1.49. The van der Waals surface area contributed by atoms with Crippen LogP contribution in [0.5, 0.6) is 5.88 Å². The number of hydrogen-bond acceptors (Lipinski definition) is 6. The zero-order valence-electron chi connectivity index (χ0n) is 16.8. The van der Waals surface area contributed by atoms with Gasteiger partial charge in [0, 0.05) is 18.9 Å². The smallest absolute Gasteiger partial charge is 0.408 e. The molecule has 1 saturated carbocycles. The quantitative estimate of drug-likeness (QED) is 0.574. The number of halogens is 3. The fourth-order valence-electron chi connectivity index (χ4n) is 3.28. The van der Waals surface area contributed by atoms with Crippen molar-refractivity contribution in [1.29, 1.82) is 0 Å². The average Bonchev–Trinajstić information content (AvgIpc) is 3.47. The number of carbonyl (C=O) groups is 1. The van der Waals surface area contributed by atoms with Gasteiger partial charge in [0.2, 0.25) is 5.88 Å². The number of pyridine rings is 1. The van der Waals surface area contributed by atoms with Crippen molar-refractivity contribution in [2.75, 3.05) is 13.9 Å². The number of ether oxygens (including phenoxy) is 2. The molecule has 1 aliphatic rings. The van der Waals surface area contributed by atoms with Gasteiger partial charge in [-0.25, -0.2) is 14.5 Å². The molecule has 1 atom stereocenters. The summed E-state index contributed by atoms with van der Waals surface area (Å²) < 4.78 is 51.6. The summed E-state index contributed by atoms with van der Waals surface area (Å²) in [4.78, 5) is 21.5. The number of rotatable bonds is 7. The van der Waals surface area contributed by atoms with Crippen LogP contribution in [0.2, 0.25) is 0 Å². The van der Waals surface area contributed by atoms with Crippen molar-refractivity contribution in [1.82, 2.24) is 24.9 Å². The minimum Gasteiger partial charge on any atom is -0.451 e. The van der Waals surface area contributed by atoms with Gasteiger partial charge < -0.3 is 14.8 Å². The fraction of sp³-hybridized carbons (Fsp3) is 0.400. The molecule has 1 N–H and O–H groups in total. The molecule has 0 spiro atoms. The molecular weight excluding hydrogens is 415 g/mol. The third kappa shape index (κ3) is 4.46. The molecule has 31 heavy (non-hydrogen) atoms. The number of fused-ring (bicyclic) bond motifs is 1. The molecule has 1 fully saturated rings. The van der Waals surface area contributed by atoms with E-state index in [0.29, 0.717) is 35.8 Å². The first-order chi connectivity index (χ1) is 14.8. The lowest BCUT2D eigenvalue weighted by atomic mass is 10.1. The van der Waals surface area contributed by atoms with Gasteiger partial charge in [0.1, 0.15) is 11.6 Å². The molecule has 8 nitrogen and oxygen atoms in total. The highest BCUT2D eigenvalue weighted by Crippen LogP contribution is 2.40. The monoisotopic (exact) mass is 435 g/mol. The lowest BCUT2D eigenvalue weighted by molar-refractivity contribution is -0.158. The van der Waals surface area contributed by atoms with Gasteiger partial charge in [-0.05, 0) is 37.8 Å². The Morgan fingerprint density at radius 3 is 2.74 bits per heavy atom. The summed E-state index contributed by atoms with van der Waals surface area (Å²) in [5, 5.41) is 6.23. The summed E-state index contributed by atoms with van der Waals surface area (Å²) in [6.45, 7) is 1.77. The van der Waals surface area contributed by atoms with E-state index in [4.69, 9.17) is 9.47 Å². The first kappa shape index (κ1) is 21.0. The first-order valence-corrected chi connectivity index (χ1v) is 9.60. The van der Waals surface area contributed by atoms with Gasteiger partial charge >= 0.3 is 6.18 Å². The van der Waals surface area contributed by atoms with E-state index in [-0.39, 0.29) is 18.0 Å². The number of carbonyl (C=O) groups excluding carboxylic acids is 1. The lowest BCUT2D eigenvalue weighted by Crippen LogP contribution is -2.46. The highest BCUT2D eigenvalue weighted by atomic mass is 19.4. The predicted molar refractivity (Wildman–Crippen MR) is 103 cm³/mol. The van der Waals surface area contributed by atoms with Crippen LogP contribution >= 0.6 is 0 Å². The van der Waals surface area contributed by atoms with Gasteiger partial charge in [-0.2, -0.15) is 18.3 Å². The normalized spacial score (nSPS) is 15.1. The summed E-state index contributed by atoms with van der Waals surface area (Å²) in [5.74, 6) is -1.13. The highest BCUT2D eigenvalue weighted by Gasteiger charge is 2.49. The molecular formula is C20H20F3N5O3. The van der Waals surface area contributed by atoms with E-state index in [9.17, 15) is 18.0 Å². The van der Waals surface area contributed by atoms with Crippen molar-refractivity contribution in [3.8, 4) is 17.3 Å². The summed E-state index contributed by atoms with van der Waals surface area (Å²) >= 11 is 0. The maximum atomic E-state index is 13.3. The van der Waals surface area contributed by atoms with Crippen LogP contribution in [0, 0.1) is 12.8 Å². The first-order valence-electron chi connectivity index (χ1n) is 9.60. The SMILES string of the molecule is COCOc1cccc(-c2cc(C)n3ncc(C(=O)N[C@@H](C4CC4)C(F)(F)F)c3n2)n1. The zero-order chi connectivity index (χ0) is 22.2. The number of amides is 1. The number of nitrogens with zero attached hydrogens (tertiary/aromatic N) is 4. The van der Waals surface area contributed by atoms with Gasteiger partial charge in [0.05, 0.1) is 17.6 Å². The van der Waals surface area contributed by atoms with Crippen molar-refractivity contribution in [2.45, 2.75) is 32.0 Å². The van der Waals surface area contributed by atoms with E-state index in [2.05, 4.69) is 20.4 Å². The van der Waals surface area contributed by atoms with Crippen molar-refractivity contribution in [3.63, 3.8) is 0 Å². The van der Waals surface area contributed by atoms with Crippen LogP contribution in [0.25, 0.3) is 17.0 Å². The molecule has 1 amide bonds. The zero-order valence-corrected chi connectivity index (χ0v) is 16.8. The minimum absolute atomic E-state index is 0.0241. The maximum Gasteiger partial charge on any atom is 0.408 e. The third-order valence-electron chi connectivity index (χ3n) is 4.94. The van der Waals surface area contributed by atoms with Crippen molar-refractivity contribution in [3.05, 3.63) is 41.7 Å². The molecule has 0 bridgehead atoms. The molecule has 11 heteroatoms. The van der Waals surface area contributed by atoms with Gasteiger partial charge in [-0.3, -0.25) is 4.79 Å². The predicted octanol–water partition coefficient (Wildman–Crippen LogP) is 3.15. The van der Waals surface area contributed by atoms with Crippen molar-refractivity contribution >= 4 is 11.6 Å².